The maximum atomic E-state index is 13.2. The first-order valence-corrected chi connectivity index (χ1v) is 12.2. The average molecular weight is 443 g/mol. The Morgan fingerprint density at radius 1 is 0.839 bits per heavy atom. The fourth-order valence-electron chi connectivity index (χ4n) is 5.39. The smallest absolute Gasteiger partial charge is 0.238 e. The molecule has 0 fully saturated rings. The lowest BCUT2D eigenvalue weighted by atomic mass is 9.65. The highest BCUT2D eigenvalue weighted by atomic mass is 32.2. The van der Waals surface area contributed by atoms with E-state index in [0.717, 1.165) is 28.2 Å². The number of sulfonamides is 1. The lowest BCUT2D eigenvalue weighted by molar-refractivity contribution is -0.119. The molecule has 2 N–H and O–H groups in total. The summed E-state index contributed by atoms with van der Waals surface area (Å²) >= 11 is 0. The molecule has 166 valence electrons. The van der Waals surface area contributed by atoms with Crippen molar-refractivity contribution < 1.29 is 18.0 Å². The van der Waals surface area contributed by atoms with Gasteiger partial charge in [0.25, 0.3) is 0 Å². The van der Waals surface area contributed by atoms with Crippen LogP contribution in [0.25, 0.3) is 0 Å². The van der Waals surface area contributed by atoms with E-state index in [9.17, 15) is 18.0 Å². The number of ketones is 2. The molecule has 0 saturated heterocycles. The van der Waals surface area contributed by atoms with Crippen molar-refractivity contribution in [3.8, 4) is 0 Å². The van der Waals surface area contributed by atoms with Crippen molar-refractivity contribution in [2.45, 2.75) is 65.2 Å². The van der Waals surface area contributed by atoms with E-state index in [1.54, 1.807) is 12.1 Å². The van der Waals surface area contributed by atoms with Crippen LogP contribution in [0.2, 0.25) is 0 Å². The molecule has 0 aromatic heterocycles. The molecule has 0 unspecified atom stereocenters. The molecule has 3 aliphatic rings. The van der Waals surface area contributed by atoms with E-state index in [1.807, 2.05) is 6.92 Å². The summed E-state index contributed by atoms with van der Waals surface area (Å²) in [6.07, 6.45) is 2.33. The molecular weight excluding hydrogens is 412 g/mol. The van der Waals surface area contributed by atoms with E-state index in [2.05, 4.69) is 32.6 Å². The molecule has 1 aromatic carbocycles. The summed E-state index contributed by atoms with van der Waals surface area (Å²) in [6, 6.07) is 6.38. The minimum absolute atomic E-state index is 0.0325. The van der Waals surface area contributed by atoms with E-state index in [1.165, 1.54) is 12.1 Å². The van der Waals surface area contributed by atoms with Crippen LogP contribution in [0.4, 0.5) is 5.69 Å². The molecule has 2 aliphatic carbocycles. The quantitative estimate of drug-likeness (QED) is 0.744. The van der Waals surface area contributed by atoms with Crippen molar-refractivity contribution >= 4 is 27.3 Å². The monoisotopic (exact) mass is 442 g/mol. The molecule has 0 atom stereocenters. The molecule has 0 amide bonds. The van der Waals surface area contributed by atoms with Crippen LogP contribution in [0.5, 0.6) is 0 Å². The van der Waals surface area contributed by atoms with Crippen LogP contribution < -0.4 is 10.0 Å². The maximum absolute atomic E-state index is 13.2. The molecule has 4 rings (SSSR count). The van der Waals surface area contributed by atoms with Crippen LogP contribution >= 0.6 is 0 Å². The maximum Gasteiger partial charge on any atom is 0.238 e. The van der Waals surface area contributed by atoms with Gasteiger partial charge in [-0.1, -0.05) is 34.6 Å². The number of allylic oxidation sites excluding steroid dienone is 4. The van der Waals surface area contributed by atoms with Gasteiger partial charge in [0.2, 0.25) is 10.0 Å². The van der Waals surface area contributed by atoms with Crippen molar-refractivity contribution in [1.82, 2.24) is 0 Å². The Labute approximate surface area is 184 Å². The number of carbonyl (C=O) groups is 2. The lowest BCUT2D eigenvalue weighted by Crippen LogP contribution is -2.44. The van der Waals surface area contributed by atoms with Crippen LogP contribution in [0.1, 0.15) is 60.3 Å². The van der Waals surface area contributed by atoms with Gasteiger partial charge in [0.1, 0.15) is 0 Å². The first-order chi connectivity index (χ1) is 14.2. The number of anilines is 1. The molecule has 6 nitrogen and oxygen atoms in total. The van der Waals surface area contributed by atoms with Gasteiger partial charge in [0.15, 0.2) is 11.6 Å². The molecule has 0 spiro atoms. The van der Waals surface area contributed by atoms with Crippen molar-refractivity contribution in [1.29, 1.82) is 0 Å². The van der Waals surface area contributed by atoms with Gasteiger partial charge in [-0.05, 0) is 47.9 Å². The Hall–Kier alpha value is -2.25. The summed E-state index contributed by atoms with van der Waals surface area (Å²) in [5.74, 6) is -0.0414. The predicted octanol–water partition coefficient (Wildman–Crippen LogP) is 4.08. The van der Waals surface area contributed by atoms with Gasteiger partial charge < -0.3 is 4.90 Å². The number of rotatable bonds is 2. The van der Waals surface area contributed by atoms with Gasteiger partial charge in [-0.25, -0.2) is 13.6 Å². The normalized spacial score (nSPS) is 23.7. The Kier molecular flexibility index (Phi) is 4.87. The Morgan fingerprint density at radius 3 is 1.65 bits per heavy atom. The third-order valence-corrected chi connectivity index (χ3v) is 7.55. The van der Waals surface area contributed by atoms with Gasteiger partial charge in [0, 0.05) is 47.0 Å². The number of benzene rings is 1. The lowest BCUT2D eigenvalue weighted by Gasteiger charge is -2.48. The Morgan fingerprint density at radius 2 is 1.26 bits per heavy atom. The molecule has 0 radical (unpaired) electrons. The number of primary sulfonamides is 1. The second-order valence-corrected chi connectivity index (χ2v) is 12.3. The molecule has 1 heterocycles. The van der Waals surface area contributed by atoms with Crippen LogP contribution in [-0.2, 0) is 19.6 Å². The zero-order chi connectivity index (χ0) is 22.9. The van der Waals surface area contributed by atoms with Crippen molar-refractivity contribution in [3.05, 3.63) is 46.8 Å². The van der Waals surface area contributed by atoms with E-state index < -0.39 is 10.0 Å². The van der Waals surface area contributed by atoms with Crippen molar-refractivity contribution in [2.24, 2.45) is 21.9 Å². The van der Waals surface area contributed by atoms with Crippen molar-refractivity contribution in [2.75, 3.05) is 4.90 Å². The first kappa shape index (κ1) is 22.0. The highest BCUT2D eigenvalue weighted by Gasteiger charge is 2.47. The zero-order valence-corrected chi connectivity index (χ0v) is 19.6. The van der Waals surface area contributed by atoms with Crippen LogP contribution in [0, 0.1) is 16.7 Å². The van der Waals surface area contributed by atoms with E-state index in [0.29, 0.717) is 25.7 Å². The molecule has 1 aromatic rings. The molecular formula is C24H30N2O4S. The summed E-state index contributed by atoms with van der Waals surface area (Å²) in [4.78, 5) is 28.5. The van der Waals surface area contributed by atoms with Crippen LogP contribution in [0.15, 0.2) is 51.7 Å². The second kappa shape index (κ2) is 6.87. The highest BCUT2D eigenvalue weighted by Crippen LogP contribution is 2.52. The van der Waals surface area contributed by atoms with Crippen LogP contribution in [0.3, 0.4) is 0 Å². The molecule has 1 aliphatic heterocycles. The standard InChI is InChI=1S/C24H30N2O4S/c1-14-21-17(10-23(2,3)12-19(21)27)26(15-6-8-16(9-7-15)31(25,29)30)18-11-24(4,5)13-20(28)22(14)18/h6-9,14H,10-13H2,1-5H3,(H2,25,29,30). The Bertz CT molecular complexity index is 1100. The number of Topliss-reactive ketones (excluding diaryl/α,β-unsaturated/α-hetero) is 2. The minimum atomic E-state index is -3.81. The third-order valence-electron chi connectivity index (χ3n) is 6.62. The zero-order valence-electron chi connectivity index (χ0n) is 18.8. The van der Waals surface area contributed by atoms with E-state index in [4.69, 9.17) is 5.14 Å². The van der Waals surface area contributed by atoms with Gasteiger partial charge in [-0.15, -0.1) is 0 Å². The summed E-state index contributed by atoms with van der Waals surface area (Å²) in [7, 11) is -3.81. The molecule has 0 bridgehead atoms. The number of nitrogens with zero attached hydrogens (tertiary/aromatic N) is 1. The Balaban J connectivity index is 1.95. The summed E-state index contributed by atoms with van der Waals surface area (Å²) in [5.41, 5.74) is 3.67. The fourth-order valence-corrected chi connectivity index (χ4v) is 5.90. The van der Waals surface area contributed by atoms with E-state index in [-0.39, 0.29) is 33.2 Å². The van der Waals surface area contributed by atoms with Crippen LogP contribution in [-0.4, -0.2) is 20.0 Å². The topological polar surface area (TPSA) is 97.5 Å². The van der Waals surface area contributed by atoms with Gasteiger partial charge in [0.05, 0.1) is 4.90 Å². The predicted molar refractivity (Wildman–Crippen MR) is 120 cm³/mol. The van der Waals surface area contributed by atoms with Gasteiger partial charge >= 0.3 is 0 Å². The second-order valence-electron chi connectivity index (χ2n) is 10.7. The minimum Gasteiger partial charge on any atom is -0.317 e. The van der Waals surface area contributed by atoms with Gasteiger partial charge in [-0.3, -0.25) is 9.59 Å². The van der Waals surface area contributed by atoms with Gasteiger partial charge in [-0.2, -0.15) is 0 Å². The largest absolute Gasteiger partial charge is 0.317 e. The average Bonchev–Trinajstić information content (AvgIpc) is 2.58. The first-order valence-electron chi connectivity index (χ1n) is 10.7. The third kappa shape index (κ3) is 3.78. The summed E-state index contributed by atoms with van der Waals surface area (Å²) in [6.45, 7) is 10.3. The number of hydrogen-bond donors (Lipinski definition) is 1. The number of hydrogen-bond acceptors (Lipinski definition) is 5. The summed E-state index contributed by atoms with van der Waals surface area (Å²) in [5, 5.41) is 5.27. The molecule has 7 heteroatoms. The number of nitrogens with two attached hydrogens (primary N) is 1. The number of carbonyl (C=O) groups excluding carboxylic acids is 2. The van der Waals surface area contributed by atoms with Crippen molar-refractivity contribution in [3.63, 3.8) is 0 Å². The summed E-state index contributed by atoms with van der Waals surface area (Å²) < 4.78 is 23.5. The highest BCUT2D eigenvalue weighted by molar-refractivity contribution is 7.89. The van der Waals surface area contributed by atoms with E-state index >= 15 is 0 Å². The fraction of sp³-hybridized carbons (Fsp3) is 0.500. The molecule has 0 saturated carbocycles. The SMILES string of the molecule is CC1C2=C(CC(C)(C)CC2=O)N(c2ccc(S(N)(=O)=O)cc2)C2=C1C(=O)CC(C)(C)C2. The molecule has 31 heavy (non-hydrogen) atoms.